The summed E-state index contributed by atoms with van der Waals surface area (Å²) < 4.78 is 0. The minimum atomic E-state index is -0.403. The molecule has 0 bridgehead atoms. The van der Waals surface area contributed by atoms with Gasteiger partial charge in [0.15, 0.2) is 0 Å². The van der Waals surface area contributed by atoms with Gasteiger partial charge in [0.2, 0.25) is 0 Å². The molecule has 2 aromatic carbocycles. The van der Waals surface area contributed by atoms with Crippen molar-refractivity contribution in [3.8, 4) is 0 Å². The molecule has 0 N–H and O–H groups in total. The highest BCUT2D eigenvalue weighted by atomic mass is 35.5. The van der Waals surface area contributed by atoms with E-state index in [2.05, 4.69) is 9.97 Å². The second-order valence-corrected chi connectivity index (χ2v) is 6.94. The van der Waals surface area contributed by atoms with Gasteiger partial charge in [-0.3, -0.25) is 10.1 Å². The number of nitrogens with zero attached hydrogens (tertiary/aromatic N) is 3. The van der Waals surface area contributed by atoms with Crippen LogP contribution in [0.5, 0.6) is 0 Å². The zero-order chi connectivity index (χ0) is 17.8. The van der Waals surface area contributed by atoms with E-state index in [0.717, 1.165) is 21.0 Å². The zero-order valence-corrected chi connectivity index (χ0v) is 14.9. The maximum Gasteiger partial charge on any atom is 0.269 e. The smallest absolute Gasteiger partial charge is 0.258 e. The Morgan fingerprint density at radius 2 is 2.00 bits per heavy atom. The quantitative estimate of drug-likeness (QED) is 0.355. The number of nitro benzene ring substituents is 1. The van der Waals surface area contributed by atoms with Crippen LogP contribution in [0.2, 0.25) is 5.02 Å². The fourth-order valence-corrected chi connectivity index (χ4v) is 3.43. The molecule has 0 radical (unpaired) electrons. The number of halogens is 1. The molecule has 0 atom stereocenters. The number of benzene rings is 2. The van der Waals surface area contributed by atoms with Crippen molar-refractivity contribution >= 4 is 29.1 Å². The van der Waals surface area contributed by atoms with Gasteiger partial charge >= 0.3 is 0 Å². The molecule has 3 aromatic rings. The van der Waals surface area contributed by atoms with Crippen molar-refractivity contribution in [2.75, 3.05) is 0 Å². The SMILES string of the molecule is Cc1cnc(Cc2cccc([N+](=O)[O-])c2)nc1Sc1cccc(Cl)c1. The Morgan fingerprint density at radius 3 is 2.76 bits per heavy atom. The predicted octanol–water partition coefficient (Wildman–Crippen LogP) is 5.09. The van der Waals surface area contributed by atoms with E-state index in [-0.39, 0.29) is 5.69 Å². The Bertz CT molecular complexity index is 934. The van der Waals surface area contributed by atoms with Gasteiger partial charge in [0.25, 0.3) is 5.69 Å². The Kier molecular flexibility index (Phi) is 5.31. The standard InChI is InChI=1S/C18H14ClN3O2S/c1-12-11-20-17(9-13-4-2-6-15(8-13)22(23)24)21-18(12)25-16-7-3-5-14(19)10-16/h2-8,10-11H,9H2,1H3. The molecule has 1 aromatic heterocycles. The number of rotatable bonds is 5. The lowest BCUT2D eigenvalue weighted by molar-refractivity contribution is -0.384. The molecule has 0 unspecified atom stereocenters. The molecule has 126 valence electrons. The van der Waals surface area contributed by atoms with Crippen LogP contribution in [0.3, 0.4) is 0 Å². The van der Waals surface area contributed by atoms with Crippen LogP contribution < -0.4 is 0 Å². The van der Waals surface area contributed by atoms with E-state index in [1.807, 2.05) is 37.3 Å². The van der Waals surface area contributed by atoms with Crippen LogP contribution >= 0.6 is 23.4 Å². The minimum absolute atomic E-state index is 0.0677. The molecular formula is C18H14ClN3O2S. The summed E-state index contributed by atoms with van der Waals surface area (Å²) in [5.74, 6) is 0.621. The van der Waals surface area contributed by atoms with Crippen molar-refractivity contribution in [1.29, 1.82) is 0 Å². The third-order valence-electron chi connectivity index (χ3n) is 3.47. The zero-order valence-electron chi connectivity index (χ0n) is 13.3. The summed E-state index contributed by atoms with van der Waals surface area (Å²) in [5, 5.41) is 12.4. The first-order valence-corrected chi connectivity index (χ1v) is 8.70. The van der Waals surface area contributed by atoms with Crippen molar-refractivity contribution in [3.05, 3.63) is 86.8 Å². The topological polar surface area (TPSA) is 68.9 Å². The maximum atomic E-state index is 10.9. The number of non-ortho nitro benzene ring substituents is 1. The van der Waals surface area contributed by atoms with Crippen molar-refractivity contribution in [2.24, 2.45) is 0 Å². The van der Waals surface area contributed by atoms with E-state index in [1.54, 1.807) is 18.3 Å². The summed E-state index contributed by atoms with van der Waals surface area (Å²) in [6, 6.07) is 14.1. The molecule has 25 heavy (non-hydrogen) atoms. The van der Waals surface area contributed by atoms with Crippen LogP contribution in [0.1, 0.15) is 17.0 Å². The Hall–Kier alpha value is -2.44. The van der Waals surface area contributed by atoms with Gasteiger partial charge in [-0.2, -0.15) is 0 Å². The highest BCUT2D eigenvalue weighted by Crippen LogP contribution is 2.30. The summed E-state index contributed by atoms with van der Waals surface area (Å²) in [6.45, 7) is 1.95. The van der Waals surface area contributed by atoms with Gasteiger partial charge in [0.05, 0.1) is 4.92 Å². The van der Waals surface area contributed by atoms with Crippen LogP contribution in [0.4, 0.5) is 5.69 Å². The highest BCUT2D eigenvalue weighted by molar-refractivity contribution is 7.99. The van der Waals surface area contributed by atoms with E-state index in [9.17, 15) is 10.1 Å². The number of aromatic nitrogens is 2. The molecule has 0 aliphatic heterocycles. The third-order valence-corrected chi connectivity index (χ3v) is 4.80. The first-order valence-electron chi connectivity index (χ1n) is 7.50. The average Bonchev–Trinajstić information content (AvgIpc) is 2.58. The Morgan fingerprint density at radius 1 is 1.20 bits per heavy atom. The second-order valence-electron chi connectivity index (χ2n) is 5.44. The highest BCUT2D eigenvalue weighted by Gasteiger charge is 2.10. The van der Waals surface area contributed by atoms with E-state index in [1.165, 1.54) is 17.8 Å². The number of aryl methyl sites for hydroxylation is 1. The molecule has 5 nitrogen and oxygen atoms in total. The van der Waals surface area contributed by atoms with Crippen LogP contribution in [-0.2, 0) is 6.42 Å². The minimum Gasteiger partial charge on any atom is -0.258 e. The summed E-state index contributed by atoms with van der Waals surface area (Å²) in [6.07, 6.45) is 2.21. The van der Waals surface area contributed by atoms with Crippen molar-refractivity contribution in [2.45, 2.75) is 23.3 Å². The molecule has 0 fully saturated rings. The first kappa shape index (κ1) is 17.4. The Balaban J connectivity index is 1.84. The monoisotopic (exact) mass is 371 g/mol. The molecular weight excluding hydrogens is 358 g/mol. The lowest BCUT2D eigenvalue weighted by Gasteiger charge is -2.07. The van der Waals surface area contributed by atoms with Crippen LogP contribution in [0, 0.1) is 17.0 Å². The van der Waals surface area contributed by atoms with E-state index in [4.69, 9.17) is 11.6 Å². The lowest BCUT2D eigenvalue weighted by atomic mass is 10.1. The molecule has 0 amide bonds. The molecule has 1 heterocycles. The third kappa shape index (κ3) is 4.55. The largest absolute Gasteiger partial charge is 0.269 e. The molecule has 0 aliphatic carbocycles. The summed E-state index contributed by atoms with van der Waals surface area (Å²) in [7, 11) is 0. The number of hydrogen-bond donors (Lipinski definition) is 0. The summed E-state index contributed by atoms with van der Waals surface area (Å²) in [4.78, 5) is 20.4. The van der Waals surface area contributed by atoms with Crippen molar-refractivity contribution < 1.29 is 4.92 Å². The van der Waals surface area contributed by atoms with Crippen molar-refractivity contribution in [1.82, 2.24) is 9.97 Å². The lowest BCUT2D eigenvalue weighted by Crippen LogP contribution is -2.00. The summed E-state index contributed by atoms with van der Waals surface area (Å²) in [5.41, 5.74) is 1.84. The molecule has 0 spiro atoms. The molecule has 3 rings (SSSR count). The average molecular weight is 372 g/mol. The van der Waals surface area contributed by atoms with Gasteiger partial charge in [0, 0.05) is 34.7 Å². The second kappa shape index (κ2) is 7.63. The predicted molar refractivity (Wildman–Crippen MR) is 98.2 cm³/mol. The van der Waals surface area contributed by atoms with Gasteiger partial charge in [-0.05, 0) is 36.2 Å². The fourth-order valence-electron chi connectivity index (χ4n) is 2.25. The van der Waals surface area contributed by atoms with E-state index in [0.29, 0.717) is 17.3 Å². The summed E-state index contributed by atoms with van der Waals surface area (Å²) >= 11 is 7.55. The van der Waals surface area contributed by atoms with Crippen molar-refractivity contribution in [3.63, 3.8) is 0 Å². The van der Waals surface area contributed by atoms with E-state index >= 15 is 0 Å². The van der Waals surface area contributed by atoms with Gasteiger partial charge in [-0.15, -0.1) is 0 Å². The van der Waals surface area contributed by atoms with Gasteiger partial charge in [-0.1, -0.05) is 41.6 Å². The Labute approximate surface area is 154 Å². The molecule has 0 saturated heterocycles. The fraction of sp³-hybridized carbons (Fsp3) is 0.111. The number of hydrogen-bond acceptors (Lipinski definition) is 5. The van der Waals surface area contributed by atoms with Crippen LogP contribution in [0.15, 0.2) is 64.6 Å². The van der Waals surface area contributed by atoms with Crippen LogP contribution in [-0.4, -0.2) is 14.9 Å². The molecule has 0 aliphatic rings. The van der Waals surface area contributed by atoms with Gasteiger partial charge < -0.3 is 0 Å². The first-order chi connectivity index (χ1) is 12.0. The molecule has 0 saturated carbocycles. The maximum absolute atomic E-state index is 10.9. The normalized spacial score (nSPS) is 10.6. The van der Waals surface area contributed by atoms with Gasteiger partial charge in [-0.25, -0.2) is 9.97 Å². The van der Waals surface area contributed by atoms with E-state index < -0.39 is 4.92 Å². The van der Waals surface area contributed by atoms with Gasteiger partial charge in [0.1, 0.15) is 10.9 Å². The van der Waals surface area contributed by atoms with Crippen LogP contribution in [0.25, 0.3) is 0 Å². The number of nitro groups is 1. The molecule has 7 heteroatoms.